The molecule has 1 aromatic heterocycles. The number of anilines is 2. The van der Waals surface area contributed by atoms with Gasteiger partial charge in [0.25, 0.3) is 5.91 Å². The van der Waals surface area contributed by atoms with Gasteiger partial charge in [-0.05, 0) is 18.2 Å². The lowest BCUT2D eigenvalue weighted by molar-refractivity contribution is 0.102. The Morgan fingerprint density at radius 2 is 2.16 bits per heavy atom. The van der Waals surface area contributed by atoms with Gasteiger partial charge >= 0.3 is 0 Å². The second-order valence-corrected chi connectivity index (χ2v) is 5.97. The number of nitrogens with zero attached hydrogens (tertiary/aromatic N) is 1. The zero-order valence-electron chi connectivity index (χ0n) is 10.0. The van der Waals surface area contributed by atoms with Gasteiger partial charge in [0.1, 0.15) is 0 Å². The van der Waals surface area contributed by atoms with Crippen LogP contribution in [-0.2, 0) is 9.84 Å². The second-order valence-electron chi connectivity index (χ2n) is 3.95. The highest BCUT2D eigenvalue weighted by molar-refractivity contribution is 7.90. The fraction of sp³-hybridized carbons (Fsp3) is 0.0909. The van der Waals surface area contributed by atoms with Crippen molar-refractivity contribution in [2.24, 2.45) is 0 Å². The lowest BCUT2D eigenvalue weighted by Gasteiger charge is -2.05. The number of H-pyrrole nitrogens is 1. The molecule has 1 amide bonds. The molecule has 19 heavy (non-hydrogen) atoms. The lowest BCUT2D eigenvalue weighted by atomic mass is 10.2. The third kappa shape index (κ3) is 2.91. The molecule has 4 N–H and O–H groups in total. The Morgan fingerprint density at radius 3 is 2.74 bits per heavy atom. The average molecular weight is 280 g/mol. The van der Waals surface area contributed by atoms with Crippen molar-refractivity contribution in [2.75, 3.05) is 17.3 Å². The highest BCUT2D eigenvalue weighted by Crippen LogP contribution is 2.16. The molecule has 0 aliphatic heterocycles. The molecule has 0 fully saturated rings. The number of benzene rings is 1. The molecule has 2 rings (SSSR count). The van der Waals surface area contributed by atoms with Gasteiger partial charge in [-0.2, -0.15) is 5.10 Å². The van der Waals surface area contributed by atoms with Crippen molar-refractivity contribution in [2.45, 2.75) is 4.90 Å². The maximum absolute atomic E-state index is 11.9. The first-order valence-corrected chi connectivity index (χ1v) is 7.17. The molecule has 8 heteroatoms. The van der Waals surface area contributed by atoms with Crippen molar-refractivity contribution in [3.05, 3.63) is 36.0 Å². The summed E-state index contributed by atoms with van der Waals surface area (Å²) < 4.78 is 22.8. The van der Waals surface area contributed by atoms with Crippen LogP contribution in [0.25, 0.3) is 0 Å². The van der Waals surface area contributed by atoms with Gasteiger partial charge in [-0.3, -0.25) is 9.89 Å². The molecular weight excluding hydrogens is 268 g/mol. The van der Waals surface area contributed by atoms with Crippen LogP contribution in [0.3, 0.4) is 0 Å². The molecule has 0 saturated carbocycles. The van der Waals surface area contributed by atoms with Crippen molar-refractivity contribution in [3.63, 3.8) is 0 Å². The second kappa shape index (κ2) is 4.73. The maximum Gasteiger partial charge on any atom is 0.256 e. The average Bonchev–Trinajstić information content (AvgIpc) is 2.74. The maximum atomic E-state index is 11.9. The third-order valence-corrected chi connectivity index (χ3v) is 3.54. The highest BCUT2D eigenvalue weighted by atomic mass is 32.2. The molecule has 0 spiro atoms. The number of amides is 1. The Bertz CT molecular complexity index is 721. The van der Waals surface area contributed by atoms with E-state index in [1.165, 1.54) is 30.5 Å². The summed E-state index contributed by atoms with van der Waals surface area (Å²) in [6, 6.07) is 5.74. The minimum Gasteiger partial charge on any atom is -0.394 e. The molecule has 1 aromatic carbocycles. The number of nitrogens with two attached hydrogens (primary N) is 1. The number of carbonyl (C=O) groups is 1. The topological polar surface area (TPSA) is 118 Å². The predicted octanol–water partition coefficient (Wildman–Crippen LogP) is 0.648. The van der Waals surface area contributed by atoms with Crippen molar-refractivity contribution in [3.8, 4) is 0 Å². The van der Waals surface area contributed by atoms with Crippen LogP contribution in [-0.4, -0.2) is 30.8 Å². The molecule has 0 radical (unpaired) electrons. The summed E-state index contributed by atoms with van der Waals surface area (Å²) in [5, 5.41) is 8.70. The quantitative estimate of drug-likeness (QED) is 0.762. The van der Waals surface area contributed by atoms with Crippen LogP contribution < -0.4 is 11.1 Å². The standard InChI is InChI=1S/C11H12N4O3S/c1-19(17,18)8-4-2-3-7(5-8)11(16)14-10-9(12)6-13-15-10/h2-6H,12H2,1H3,(H2,13,14,15,16). The summed E-state index contributed by atoms with van der Waals surface area (Å²) in [6.07, 6.45) is 2.44. The van der Waals surface area contributed by atoms with Gasteiger partial charge < -0.3 is 11.1 Å². The predicted molar refractivity (Wildman–Crippen MR) is 70.5 cm³/mol. The molecular formula is C11H12N4O3S. The first-order valence-electron chi connectivity index (χ1n) is 5.28. The zero-order chi connectivity index (χ0) is 14.0. The summed E-state index contributed by atoms with van der Waals surface area (Å²) in [6.45, 7) is 0. The van der Waals surface area contributed by atoms with E-state index in [0.29, 0.717) is 5.69 Å². The van der Waals surface area contributed by atoms with E-state index in [0.717, 1.165) is 6.26 Å². The van der Waals surface area contributed by atoms with E-state index in [1.807, 2.05) is 0 Å². The number of nitrogens with one attached hydrogen (secondary N) is 2. The van der Waals surface area contributed by atoms with Crippen LogP contribution >= 0.6 is 0 Å². The molecule has 7 nitrogen and oxygen atoms in total. The van der Waals surface area contributed by atoms with Crippen molar-refractivity contribution in [1.29, 1.82) is 0 Å². The van der Waals surface area contributed by atoms with Crippen LogP contribution in [0.5, 0.6) is 0 Å². The molecule has 0 bridgehead atoms. The summed E-state index contributed by atoms with van der Waals surface area (Å²) in [5.74, 6) is -0.198. The van der Waals surface area contributed by atoms with Gasteiger partial charge in [-0.25, -0.2) is 8.42 Å². The van der Waals surface area contributed by atoms with Gasteiger partial charge in [0, 0.05) is 11.8 Å². The number of rotatable bonds is 3. The molecule has 0 atom stereocenters. The van der Waals surface area contributed by atoms with Crippen LogP contribution in [0.2, 0.25) is 0 Å². The van der Waals surface area contributed by atoms with E-state index >= 15 is 0 Å². The van der Waals surface area contributed by atoms with Crippen molar-refractivity contribution in [1.82, 2.24) is 10.2 Å². The van der Waals surface area contributed by atoms with Gasteiger partial charge in [-0.15, -0.1) is 0 Å². The van der Waals surface area contributed by atoms with E-state index in [9.17, 15) is 13.2 Å². The fourth-order valence-corrected chi connectivity index (χ4v) is 2.12. The molecule has 100 valence electrons. The number of hydrogen-bond donors (Lipinski definition) is 3. The monoisotopic (exact) mass is 280 g/mol. The summed E-state index contributed by atoms with van der Waals surface area (Å²) >= 11 is 0. The molecule has 0 saturated heterocycles. The van der Waals surface area contributed by atoms with Crippen molar-refractivity contribution < 1.29 is 13.2 Å². The van der Waals surface area contributed by atoms with Gasteiger partial charge in [0.05, 0.1) is 16.8 Å². The number of hydrogen-bond acceptors (Lipinski definition) is 5. The van der Waals surface area contributed by atoms with Gasteiger partial charge in [0.15, 0.2) is 15.7 Å². The SMILES string of the molecule is CS(=O)(=O)c1cccc(C(=O)Nc2[nH]ncc2N)c1. The molecule has 2 aromatic rings. The van der Waals surface area contributed by atoms with E-state index in [2.05, 4.69) is 15.5 Å². The van der Waals surface area contributed by atoms with E-state index in [-0.39, 0.29) is 16.3 Å². The zero-order valence-corrected chi connectivity index (χ0v) is 10.9. The molecule has 0 aliphatic carbocycles. The number of aromatic amines is 1. The Labute approximate surface area is 109 Å². The number of nitrogen functional groups attached to an aromatic ring is 1. The van der Waals surface area contributed by atoms with E-state index in [1.54, 1.807) is 0 Å². The first kappa shape index (κ1) is 13.1. The van der Waals surface area contributed by atoms with Gasteiger partial charge in [0.2, 0.25) is 0 Å². The number of carbonyl (C=O) groups excluding carboxylic acids is 1. The first-order chi connectivity index (χ1) is 8.88. The molecule has 0 aliphatic rings. The van der Waals surface area contributed by atoms with Gasteiger partial charge in [-0.1, -0.05) is 6.07 Å². The van der Waals surface area contributed by atoms with E-state index < -0.39 is 15.7 Å². The Balaban J connectivity index is 2.28. The summed E-state index contributed by atoms with van der Waals surface area (Å²) in [5.41, 5.74) is 6.08. The number of aromatic nitrogens is 2. The van der Waals surface area contributed by atoms with Crippen molar-refractivity contribution >= 4 is 27.2 Å². The minimum absolute atomic E-state index is 0.0812. The Hall–Kier alpha value is -2.35. The van der Waals surface area contributed by atoms with Crippen LogP contribution in [0.4, 0.5) is 11.5 Å². The molecule has 0 unspecified atom stereocenters. The van der Waals surface area contributed by atoms with E-state index in [4.69, 9.17) is 5.73 Å². The largest absolute Gasteiger partial charge is 0.394 e. The highest BCUT2D eigenvalue weighted by Gasteiger charge is 2.13. The fourth-order valence-electron chi connectivity index (χ4n) is 1.45. The van der Waals surface area contributed by atoms with Crippen LogP contribution in [0.15, 0.2) is 35.4 Å². The van der Waals surface area contributed by atoms with Crippen LogP contribution in [0.1, 0.15) is 10.4 Å². The molecule has 1 heterocycles. The summed E-state index contributed by atoms with van der Waals surface area (Å²) in [7, 11) is -3.35. The van der Waals surface area contributed by atoms with Crippen LogP contribution in [0, 0.1) is 0 Å². The normalized spacial score (nSPS) is 11.2. The summed E-state index contributed by atoms with van der Waals surface area (Å²) in [4.78, 5) is 12.0. The Morgan fingerprint density at radius 1 is 1.42 bits per heavy atom. The minimum atomic E-state index is -3.35. The lowest BCUT2D eigenvalue weighted by Crippen LogP contribution is -2.14. The number of sulfone groups is 1. The smallest absolute Gasteiger partial charge is 0.256 e. The Kier molecular flexibility index (Phi) is 3.26. The third-order valence-electron chi connectivity index (χ3n) is 2.43.